The Labute approximate surface area is 343 Å². The average molecular weight is 889 g/mol. The van der Waals surface area contributed by atoms with Gasteiger partial charge in [-0.1, -0.05) is 0 Å². The monoisotopic (exact) mass is 888 g/mol. The highest BCUT2D eigenvalue weighted by atomic mass is 16.4. The van der Waals surface area contributed by atoms with Gasteiger partial charge in [0.2, 0.25) is 53.2 Å². The van der Waals surface area contributed by atoms with Crippen LogP contribution in [0.4, 0.5) is 0 Å². The summed E-state index contributed by atoms with van der Waals surface area (Å²) in [5, 5.41) is 121. The number of nitrogens with two attached hydrogens (primary N) is 1. The highest BCUT2D eigenvalue weighted by molar-refractivity contribution is 5.98. The maximum absolute atomic E-state index is 12.9. The van der Waals surface area contributed by atoms with Crippen molar-refractivity contribution in [2.24, 2.45) is 5.73 Å². The smallest absolute Gasteiger partial charge is 0.328 e. The first-order chi connectivity index (χ1) is 28.8. The number of hydrogen-bond acceptors (Lipinski definition) is 21. The van der Waals surface area contributed by atoms with Crippen molar-refractivity contribution in [3.63, 3.8) is 0 Å². The standard InChI is InChI=1S/C30H52N10O21/c31-11(1-41)21(51)32-12(2-42)22(52)33-13(3-43)23(53)34-14(4-44)24(54)35-15(5-45)25(55)36-16(6-46)26(56)37-17(7-47)27(57)38-18(8-48)28(58)39-19(9-49)29(59)40-20(10-50)30(60)61/h11-20,41-50H,1-10,31H2,(H,32,51)(H,33,52)(H,34,53)(H,35,54)(H,36,55)(H,37,56)(H,38,57)(H,39,58)(H,40,59)(H,60,61)/t11-,12-,13-,14-,15-,16-,17-,18-,19-,20-/m0/s1. The number of nitrogens with one attached hydrogen (secondary N) is 9. The van der Waals surface area contributed by atoms with E-state index in [9.17, 15) is 88.8 Å². The number of aliphatic hydroxyl groups excluding tert-OH is 10. The lowest BCUT2D eigenvalue weighted by Crippen LogP contribution is -2.63. The first kappa shape index (κ1) is 55.3. The van der Waals surface area contributed by atoms with Crippen molar-refractivity contribution in [1.82, 2.24) is 47.9 Å². The van der Waals surface area contributed by atoms with Crippen molar-refractivity contribution < 1.29 is 104 Å². The van der Waals surface area contributed by atoms with E-state index in [0.29, 0.717) is 0 Å². The molecule has 0 rings (SSSR count). The Morgan fingerprint density at radius 2 is 0.426 bits per heavy atom. The fraction of sp³-hybridized carbons (Fsp3) is 0.667. The highest BCUT2D eigenvalue weighted by Crippen LogP contribution is 1.98. The minimum Gasteiger partial charge on any atom is -0.480 e. The van der Waals surface area contributed by atoms with Crippen LogP contribution in [0.25, 0.3) is 0 Å². The van der Waals surface area contributed by atoms with Crippen LogP contribution < -0.4 is 53.6 Å². The normalized spacial score (nSPS) is 15.9. The summed E-state index contributed by atoms with van der Waals surface area (Å²) in [5.74, 6) is -13.5. The molecular weight excluding hydrogens is 836 g/mol. The maximum Gasteiger partial charge on any atom is 0.328 e. The zero-order chi connectivity index (χ0) is 47.0. The minimum absolute atomic E-state index is 0.825. The maximum atomic E-state index is 12.9. The van der Waals surface area contributed by atoms with E-state index >= 15 is 0 Å². The summed E-state index contributed by atoms with van der Waals surface area (Å²) < 4.78 is 0. The Kier molecular flexibility index (Phi) is 26.0. The van der Waals surface area contributed by atoms with Gasteiger partial charge in [0.25, 0.3) is 0 Å². The van der Waals surface area contributed by atoms with E-state index in [0.717, 1.165) is 0 Å². The molecule has 0 spiro atoms. The number of aliphatic carboxylic acids is 1. The summed E-state index contributed by atoms with van der Waals surface area (Å²) in [6.07, 6.45) is 0. The molecule has 0 unspecified atom stereocenters. The third-order valence-corrected chi connectivity index (χ3v) is 7.86. The van der Waals surface area contributed by atoms with E-state index < -0.39 is 186 Å². The van der Waals surface area contributed by atoms with E-state index in [4.69, 9.17) is 21.1 Å². The first-order valence-electron chi connectivity index (χ1n) is 17.6. The molecule has 31 nitrogen and oxygen atoms in total. The Bertz CT molecular complexity index is 1520. The lowest BCUT2D eigenvalue weighted by molar-refractivity contribution is -0.143. The summed E-state index contributed by atoms with van der Waals surface area (Å²) in [6, 6.07) is -18.6. The third-order valence-electron chi connectivity index (χ3n) is 7.86. The molecule has 0 fully saturated rings. The molecule has 0 aliphatic carbocycles. The molecule has 9 amide bonds. The molecule has 0 aromatic heterocycles. The number of aliphatic hydroxyl groups is 10. The molecule has 0 aliphatic heterocycles. The number of carbonyl (C=O) groups is 10. The molecule has 0 heterocycles. The summed E-state index contributed by atoms with van der Waals surface area (Å²) in [6.45, 7) is -11.2. The molecule has 0 radical (unpaired) electrons. The van der Waals surface area contributed by atoms with Crippen LogP contribution in [0.15, 0.2) is 0 Å². The van der Waals surface area contributed by atoms with Crippen LogP contribution in [-0.2, 0) is 47.9 Å². The first-order valence-corrected chi connectivity index (χ1v) is 17.6. The van der Waals surface area contributed by atoms with Gasteiger partial charge in [0.05, 0.1) is 66.1 Å². The van der Waals surface area contributed by atoms with Crippen LogP contribution in [0.1, 0.15) is 0 Å². The van der Waals surface area contributed by atoms with Gasteiger partial charge >= 0.3 is 5.97 Å². The predicted octanol–water partition coefficient (Wildman–Crippen LogP) is -15.3. The molecule has 348 valence electrons. The largest absolute Gasteiger partial charge is 0.480 e. The van der Waals surface area contributed by atoms with Crippen molar-refractivity contribution in [1.29, 1.82) is 0 Å². The summed E-state index contributed by atoms with van der Waals surface area (Å²) >= 11 is 0. The van der Waals surface area contributed by atoms with Gasteiger partial charge in [-0.05, 0) is 0 Å². The fourth-order valence-corrected chi connectivity index (χ4v) is 4.28. The summed E-state index contributed by atoms with van der Waals surface area (Å²) in [5.41, 5.74) is 5.32. The Hall–Kier alpha value is -5.74. The van der Waals surface area contributed by atoms with E-state index in [-0.39, 0.29) is 0 Å². The lowest BCUT2D eigenvalue weighted by atomic mass is 10.1. The van der Waals surface area contributed by atoms with Gasteiger partial charge in [0.15, 0.2) is 0 Å². The second kappa shape index (κ2) is 28.7. The second-order valence-electron chi connectivity index (χ2n) is 12.3. The van der Waals surface area contributed by atoms with Crippen LogP contribution in [0.5, 0.6) is 0 Å². The van der Waals surface area contributed by atoms with Gasteiger partial charge in [-0.25, -0.2) is 4.79 Å². The lowest BCUT2D eigenvalue weighted by Gasteiger charge is -2.26. The Balaban J connectivity index is 5.59. The molecule has 22 N–H and O–H groups in total. The number of carboxylic acid groups (broad SMARTS) is 1. The molecule has 0 bridgehead atoms. The number of hydrogen-bond donors (Lipinski definition) is 21. The van der Waals surface area contributed by atoms with Gasteiger partial charge < -0.3 is 110 Å². The van der Waals surface area contributed by atoms with Crippen LogP contribution in [0, 0.1) is 0 Å². The van der Waals surface area contributed by atoms with Crippen LogP contribution >= 0.6 is 0 Å². The predicted molar refractivity (Wildman–Crippen MR) is 194 cm³/mol. The van der Waals surface area contributed by atoms with E-state index in [1.54, 1.807) is 0 Å². The number of rotatable bonds is 29. The van der Waals surface area contributed by atoms with Crippen molar-refractivity contribution >= 4 is 59.1 Å². The quantitative estimate of drug-likeness (QED) is 0.0331. The molecule has 61 heavy (non-hydrogen) atoms. The summed E-state index contributed by atoms with van der Waals surface area (Å²) in [4.78, 5) is 124. The minimum atomic E-state index is -2.00. The second-order valence-corrected chi connectivity index (χ2v) is 12.3. The van der Waals surface area contributed by atoms with Gasteiger partial charge in [0.1, 0.15) is 60.4 Å². The van der Waals surface area contributed by atoms with E-state index in [2.05, 4.69) is 0 Å². The van der Waals surface area contributed by atoms with Gasteiger partial charge in [0, 0.05) is 0 Å². The van der Waals surface area contributed by atoms with Crippen molar-refractivity contribution in [2.75, 3.05) is 66.1 Å². The topological polar surface area (TPSA) is 528 Å². The van der Waals surface area contributed by atoms with Gasteiger partial charge in [-0.15, -0.1) is 0 Å². The van der Waals surface area contributed by atoms with Crippen LogP contribution in [-0.4, -0.2) is 242 Å². The molecule has 31 heteroatoms. The molecular formula is C30H52N10O21. The Morgan fingerprint density at radius 3 is 0.557 bits per heavy atom. The molecule has 10 atom stereocenters. The molecule has 0 aromatic carbocycles. The van der Waals surface area contributed by atoms with Crippen molar-refractivity contribution in [3.8, 4) is 0 Å². The number of carboxylic acids is 1. The molecule has 0 aromatic rings. The van der Waals surface area contributed by atoms with Crippen molar-refractivity contribution in [3.05, 3.63) is 0 Å². The molecule has 0 saturated carbocycles. The van der Waals surface area contributed by atoms with Crippen molar-refractivity contribution in [2.45, 2.75) is 60.4 Å². The Morgan fingerprint density at radius 1 is 0.279 bits per heavy atom. The van der Waals surface area contributed by atoms with Gasteiger partial charge in [-0.2, -0.15) is 0 Å². The van der Waals surface area contributed by atoms with Crippen LogP contribution in [0.3, 0.4) is 0 Å². The fourth-order valence-electron chi connectivity index (χ4n) is 4.28. The van der Waals surface area contributed by atoms with E-state index in [1.165, 1.54) is 0 Å². The molecule has 0 aliphatic rings. The highest BCUT2D eigenvalue weighted by Gasteiger charge is 2.34. The zero-order valence-corrected chi connectivity index (χ0v) is 31.9. The summed E-state index contributed by atoms with van der Waals surface area (Å²) in [7, 11) is 0. The third kappa shape index (κ3) is 18.2. The number of carbonyl (C=O) groups excluding carboxylic acids is 9. The zero-order valence-electron chi connectivity index (χ0n) is 31.9. The SMILES string of the molecule is N[C@@H](CO)C(=O)N[C@@H](CO)C(=O)N[C@@H](CO)C(=O)N[C@@H](CO)C(=O)N[C@@H](CO)C(=O)N[C@@H](CO)C(=O)N[C@@H](CO)C(=O)N[C@@H](CO)C(=O)N[C@@H](CO)C(=O)N[C@@H](CO)C(=O)O. The van der Waals surface area contributed by atoms with E-state index in [1.807, 2.05) is 47.9 Å². The molecule has 0 saturated heterocycles. The van der Waals surface area contributed by atoms with Gasteiger partial charge in [-0.3, -0.25) is 43.2 Å². The number of amides is 9. The average Bonchev–Trinajstić information content (AvgIpc) is 3.24. The van der Waals surface area contributed by atoms with Crippen LogP contribution in [0.2, 0.25) is 0 Å².